The zero-order chi connectivity index (χ0) is 18.6. The molecule has 0 fully saturated rings. The summed E-state index contributed by atoms with van der Waals surface area (Å²) in [4.78, 5) is 22.6. The molecule has 2 rings (SSSR count). The highest BCUT2D eigenvalue weighted by molar-refractivity contribution is 14.1. The first kappa shape index (κ1) is 20.2. The second-order valence-corrected chi connectivity index (χ2v) is 8.13. The van der Waals surface area contributed by atoms with Gasteiger partial charge in [0.05, 0.1) is 11.1 Å². The number of aromatic carboxylic acids is 2. The summed E-state index contributed by atoms with van der Waals surface area (Å²) in [6, 6.07) is 11.1. The summed E-state index contributed by atoms with van der Waals surface area (Å²) in [6.07, 6.45) is 2.50. The molecule has 0 spiro atoms. The van der Waals surface area contributed by atoms with E-state index in [0.717, 1.165) is 37.5 Å². The average Bonchev–Trinajstić information content (AvgIpc) is 2.57. The molecule has 1 atom stereocenters. The lowest BCUT2D eigenvalue weighted by atomic mass is 9.89. The summed E-state index contributed by atoms with van der Waals surface area (Å²) in [6.45, 7) is 2.08. The van der Waals surface area contributed by atoms with Gasteiger partial charge in [0.15, 0.2) is 0 Å². The first-order chi connectivity index (χ1) is 11.8. The maximum Gasteiger partial charge on any atom is 0.336 e. The van der Waals surface area contributed by atoms with E-state index in [0.29, 0.717) is 11.1 Å². The fourth-order valence-corrected chi connectivity index (χ4v) is 3.93. The van der Waals surface area contributed by atoms with Gasteiger partial charge in [0.2, 0.25) is 0 Å². The lowest BCUT2D eigenvalue weighted by Gasteiger charge is -2.17. The number of carboxylic acids is 2. The molecule has 4 nitrogen and oxygen atoms in total. The van der Waals surface area contributed by atoms with Crippen LogP contribution in [0.2, 0.25) is 0 Å². The van der Waals surface area contributed by atoms with Gasteiger partial charge in [-0.3, -0.25) is 0 Å². The number of rotatable bonds is 7. The molecule has 25 heavy (non-hydrogen) atoms. The molecule has 6 heteroatoms. The van der Waals surface area contributed by atoms with E-state index in [1.165, 1.54) is 0 Å². The maximum atomic E-state index is 11.3. The Bertz CT molecular complexity index is 802. The van der Waals surface area contributed by atoms with Crippen LogP contribution in [0.1, 0.15) is 57.5 Å². The van der Waals surface area contributed by atoms with Crippen LogP contribution in [0.5, 0.6) is 0 Å². The van der Waals surface area contributed by atoms with Gasteiger partial charge in [0.1, 0.15) is 0 Å². The van der Waals surface area contributed by atoms with Gasteiger partial charge in [-0.2, -0.15) is 0 Å². The highest BCUT2D eigenvalue weighted by Gasteiger charge is 2.15. The van der Waals surface area contributed by atoms with Gasteiger partial charge in [0.25, 0.3) is 0 Å². The van der Waals surface area contributed by atoms with E-state index >= 15 is 0 Å². The molecule has 2 N–H and O–H groups in total. The van der Waals surface area contributed by atoms with Crippen LogP contribution in [0.25, 0.3) is 0 Å². The Hall–Kier alpha value is -1.16. The zero-order valence-corrected chi connectivity index (χ0v) is 17.9. The van der Waals surface area contributed by atoms with E-state index in [2.05, 4.69) is 6.92 Å². The number of hydrogen-bond acceptors (Lipinski definition) is 2. The predicted octanol–water partition coefficient (Wildman–Crippen LogP) is 5.42. The molecule has 0 radical (unpaired) electrons. The third kappa shape index (κ3) is 5.16. The smallest absolute Gasteiger partial charge is 0.336 e. The molecule has 1 unspecified atom stereocenters. The Balaban J connectivity index is 2.18. The number of aryl methyl sites for hydroxylation is 1. The predicted molar refractivity (Wildman–Crippen MR) is 114 cm³/mol. The van der Waals surface area contributed by atoms with Crippen LogP contribution in [-0.2, 0) is 6.42 Å². The fraction of sp³-hybridized carbons (Fsp3) is 0.263. The van der Waals surface area contributed by atoms with Crippen molar-refractivity contribution in [1.29, 1.82) is 0 Å². The van der Waals surface area contributed by atoms with Crippen molar-refractivity contribution in [2.75, 3.05) is 0 Å². The quantitative estimate of drug-likeness (QED) is 0.441. The first-order valence-electron chi connectivity index (χ1n) is 7.88. The molecule has 0 amide bonds. The van der Waals surface area contributed by atoms with Crippen LogP contribution in [-0.4, -0.2) is 22.2 Å². The van der Waals surface area contributed by atoms with Crippen molar-refractivity contribution in [2.24, 2.45) is 0 Å². The topological polar surface area (TPSA) is 74.6 Å². The minimum absolute atomic E-state index is 0.239. The minimum atomic E-state index is -0.915. The molecule has 132 valence electrons. The fourth-order valence-electron chi connectivity index (χ4n) is 2.80. The molecule has 0 aliphatic heterocycles. The normalized spacial score (nSPS) is 12.0. The van der Waals surface area contributed by atoms with Crippen molar-refractivity contribution in [3.8, 4) is 0 Å². The summed E-state index contributed by atoms with van der Waals surface area (Å²) in [5, 5.41) is 18.5. The van der Waals surface area contributed by atoms with Crippen molar-refractivity contribution in [3.63, 3.8) is 0 Å². The molecular formula is C19H18I2O4. The van der Waals surface area contributed by atoms with Gasteiger partial charge in [-0.25, -0.2) is 9.59 Å². The Morgan fingerprint density at radius 3 is 2.08 bits per heavy atom. The Kier molecular flexibility index (Phi) is 7.24. The number of halogens is 2. The molecule has 0 saturated heterocycles. The summed E-state index contributed by atoms with van der Waals surface area (Å²) < 4.78 is 1.46. The summed E-state index contributed by atoms with van der Waals surface area (Å²) in [7, 11) is 0. The summed E-state index contributed by atoms with van der Waals surface area (Å²) in [5.74, 6) is -1.59. The van der Waals surface area contributed by atoms with Crippen LogP contribution in [0.4, 0.5) is 0 Å². The summed E-state index contributed by atoms with van der Waals surface area (Å²) >= 11 is 4.06. The molecule has 2 aromatic carbocycles. The number of benzene rings is 2. The summed E-state index contributed by atoms with van der Waals surface area (Å²) in [5.41, 5.74) is 2.66. The number of carboxylic acid groups (broad SMARTS) is 2. The van der Waals surface area contributed by atoms with Crippen molar-refractivity contribution in [1.82, 2.24) is 0 Å². The lowest BCUT2D eigenvalue weighted by molar-refractivity contribution is 0.0685. The van der Waals surface area contributed by atoms with Crippen molar-refractivity contribution in [3.05, 3.63) is 65.8 Å². The van der Waals surface area contributed by atoms with Gasteiger partial charge in [-0.05, 0) is 106 Å². The van der Waals surface area contributed by atoms with Gasteiger partial charge in [-0.15, -0.1) is 0 Å². The third-order valence-corrected chi connectivity index (χ3v) is 6.11. The van der Waals surface area contributed by atoms with E-state index in [9.17, 15) is 19.8 Å². The van der Waals surface area contributed by atoms with Gasteiger partial charge in [-0.1, -0.05) is 19.1 Å². The van der Waals surface area contributed by atoms with Crippen molar-refractivity contribution in [2.45, 2.75) is 32.1 Å². The highest BCUT2D eigenvalue weighted by Crippen LogP contribution is 2.28. The molecule has 0 aromatic heterocycles. The van der Waals surface area contributed by atoms with Crippen LogP contribution < -0.4 is 0 Å². The van der Waals surface area contributed by atoms with E-state index in [1.54, 1.807) is 12.1 Å². The molecule has 0 aliphatic carbocycles. The third-order valence-electron chi connectivity index (χ3n) is 4.23. The second-order valence-electron chi connectivity index (χ2n) is 5.81. The van der Waals surface area contributed by atoms with Crippen LogP contribution in [0.3, 0.4) is 0 Å². The molecule has 0 aliphatic rings. The second kappa shape index (κ2) is 8.98. The van der Waals surface area contributed by atoms with E-state index < -0.39 is 11.9 Å². The van der Waals surface area contributed by atoms with Crippen molar-refractivity contribution >= 4 is 57.1 Å². The molecule has 0 heterocycles. The van der Waals surface area contributed by atoms with Crippen LogP contribution >= 0.6 is 45.2 Å². The Labute approximate surface area is 173 Å². The maximum absolute atomic E-state index is 11.3. The SMILES string of the molecule is CCC(CCc1ccc(I)c(C(=O)O)c1)c1ccc(I)c(C(=O)O)c1. The molecule has 0 saturated carbocycles. The van der Waals surface area contributed by atoms with E-state index in [-0.39, 0.29) is 5.92 Å². The van der Waals surface area contributed by atoms with Gasteiger partial charge >= 0.3 is 11.9 Å². The number of carbonyl (C=O) groups is 2. The van der Waals surface area contributed by atoms with Crippen LogP contribution in [0, 0.1) is 7.14 Å². The average molecular weight is 564 g/mol. The molecule has 0 bridgehead atoms. The van der Waals surface area contributed by atoms with E-state index in [4.69, 9.17) is 0 Å². The molecular weight excluding hydrogens is 546 g/mol. The van der Waals surface area contributed by atoms with E-state index in [1.807, 2.05) is 69.4 Å². The molecule has 2 aromatic rings. The first-order valence-corrected chi connectivity index (χ1v) is 10.0. The highest BCUT2D eigenvalue weighted by atomic mass is 127. The Morgan fingerprint density at radius 2 is 1.52 bits per heavy atom. The zero-order valence-electron chi connectivity index (χ0n) is 13.6. The monoisotopic (exact) mass is 564 g/mol. The largest absolute Gasteiger partial charge is 0.478 e. The Morgan fingerprint density at radius 1 is 0.960 bits per heavy atom. The standard InChI is InChI=1S/C19H18I2O4/c1-2-12(13-6-8-17(21)15(10-13)19(24)25)5-3-11-4-7-16(20)14(9-11)18(22)23/h4,6-10,12H,2-3,5H2,1H3,(H,22,23)(H,24,25). The lowest BCUT2D eigenvalue weighted by Crippen LogP contribution is -2.06. The van der Waals surface area contributed by atoms with Crippen LogP contribution in [0.15, 0.2) is 36.4 Å². The van der Waals surface area contributed by atoms with Gasteiger partial charge in [0, 0.05) is 7.14 Å². The minimum Gasteiger partial charge on any atom is -0.478 e. The van der Waals surface area contributed by atoms with Crippen molar-refractivity contribution < 1.29 is 19.8 Å². The number of hydrogen-bond donors (Lipinski definition) is 2. The van der Waals surface area contributed by atoms with Gasteiger partial charge < -0.3 is 10.2 Å².